The second-order valence-electron chi connectivity index (χ2n) is 11.0. The minimum Gasteiger partial charge on any atom is -0.481 e. The van der Waals surface area contributed by atoms with Crippen molar-refractivity contribution >= 4 is 11.9 Å². The van der Waals surface area contributed by atoms with Gasteiger partial charge in [0.05, 0.1) is 31.3 Å². The maximum atomic E-state index is 11.9. The highest BCUT2D eigenvalue weighted by atomic mass is 16.7. The van der Waals surface area contributed by atoms with Crippen molar-refractivity contribution in [3.8, 4) is 11.1 Å². The third-order valence-electron chi connectivity index (χ3n) is 7.82. The fourth-order valence-corrected chi connectivity index (χ4v) is 5.50. The minimum atomic E-state index is -0.992. The first kappa shape index (κ1) is 29.9. The molecule has 0 aromatic heterocycles. The molecule has 4 atom stereocenters. The highest BCUT2D eigenvalue weighted by Crippen LogP contribution is 2.39. The Labute approximate surface area is 245 Å². The maximum absolute atomic E-state index is 11.9. The van der Waals surface area contributed by atoms with Crippen molar-refractivity contribution in [1.82, 2.24) is 10.2 Å². The van der Waals surface area contributed by atoms with E-state index in [4.69, 9.17) is 14.6 Å². The van der Waals surface area contributed by atoms with Crippen LogP contribution in [0.5, 0.6) is 0 Å². The lowest BCUT2D eigenvalue weighted by Gasteiger charge is -2.37. The number of rotatable bonds is 11. The Bertz CT molecular complexity index is 1350. The van der Waals surface area contributed by atoms with E-state index >= 15 is 0 Å². The zero-order chi connectivity index (χ0) is 29.5. The van der Waals surface area contributed by atoms with Crippen LogP contribution in [0.1, 0.15) is 60.3 Å². The summed E-state index contributed by atoms with van der Waals surface area (Å²) in [5, 5.41) is 31.0. The molecule has 5 rings (SSSR count). The lowest BCUT2D eigenvalue weighted by molar-refractivity contribution is -0.252. The summed E-state index contributed by atoms with van der Waals surface area (Å²) >= 11 is 0. The van der Waals surface area contributed by atoms with Gasteiger partial charge in [0.15, 0.2) is 6.29 Å². The van der Waals surface area contributed by atoms with Crippen LogP contribution in [-0.4, -0.2) is 63.9 Å². The van der Waals surface area contributed by atoms with Crippen LogP contribution >= 0.6 is 0 Å². The number of β-amino-alcohol motifs (C(OH)–C–C–N with tert-alkyl or cyclic N) is 1. The fraction of sp³-hybridized carbons (Fsp3) is 0.394. The number of nitrogens with zero attached hydrogens (tertiary/aromatic N) is 1. The van der Waals surface area contributed by atoms with Crippen LogP contribution in [0, 0.1) is 0 Å². The van der Waals surface area contributed by atoms with E-state index in [0.29, 0.717) is 19.5 Å². The number of carboxylic acids is 1. The number of aliphatic carboxylic acids is 1. The van der Waals surface area contributed by atoms with E-state index in [-0.39, 0.29) is 43.7 Å². The average molecular weight is 575 g/mol. The van der Waals surface area contributed by atoms with Crippen molar-refractivity contribution in [1.29, 1.82) is 0 Å². The number of aliphatic hydroxyl groups excluding tert-OH is 2. The number of carbonyl (C=O) groups excluding carboxylic acids is 1. The molecule has 42 heavy (non-hydrogen) atoms. The van der Waals surface area contributed by atoms with Crippen molar-refractivity contribution in [2.75, 3.05) is 19.6 Å². The number of nitrogens with one attached hydrogen (secondary N) is 1. The van der Waals surface area contributed by atoms with Crippen LogP contribution in [0.4, 0.5) is 0 Å². The predicted octanol–water partition coefficient (Wildman–Crippen LogP) is 3.94. The molecule has 2 saturated heterocycles. The number of carbonyl (C=O) groups is 2. The van der Waals surface area contributed by atoms with E-state index < -0.39 is 12.3 Å². The molecule has 4 unspecified atom stereocenters. The van der Waals surface area contributed by atoms with E-state index in [9.17, 15) is 19.8 Å². The summed E-state index contributed by atoms with van der Waals surface area (Å²) in [4.78, 5) is 24.9. The van der Waals surface area contributed by atoms with Crippen LogP contribution in [0.25, 0.3) is 11.1 Å². The van der Waals surface area contributed by atoms with Gasteiger partial charge in [0, 0.05) is 44.6 Å². The quantitative estimate of drug-likeness (QED) is 0.271. The standard InChI is InChI=1S/C33H38N2O7/c36-21-22-4-6-25(7-5-22)30-17-29(20-35-15-14-28(37)19-35)41-33(42-30)26-10-8-24(9-11-26)27-3-1-2-23(16-27)18-34-31(38)12-13-32(39)40/h1-11,16,28-30,33,36-37H,12-15,17-21H2,(H,34,38)(H,39,40). The summed E-state index contributed by atoms with van der Waals surface area (Å²) < 4.78 is 12.9. The van der Waals surface area contributed by atoms with E-state index in [1.165, 1.54) is 0 Å². The minimum absolute atomic E-state index is 0.00582. The van der Waals surface area contributed by atoms with Gasteiger partial charge in [-0.05, 0) is 40.3 Å². The first-order valence-corrected chi connectivity index (χ1v) is 14.4. The van der Waals surface area contributed by atoms with Gasteiger partial charge in [0.25, 0.3) is 0 Å². The Kier molecular flexibility index (Phi) is 9.99. The summed E-state index contributed by atoms with van der Waals surface area (Å²) in [7, 11) is 0. The molecule has 0 aliphatic carbocycles. The van der Waals surface area contributed by atoms with E-state index in [1.807, 2.05) is 72.8 Å². The van der Waals surface area contributed by atoms with Crippen LogP contribution in [0.3, 0.4) is 0 Å². The molecule has 4 N–H and O–H groups in total. The van der Waals surface area contributed by atoms with Crippen molar-refractivity contribution in [2.24, 2.45) is 0 Å². The average Bonchev–Trinajstić information content (AvgIpc) is 3.43. The second-order valence-corrected chi connectivity index (χ2v) is 11.0. The Morgan fingerprint density at radius 2 is 1.67 bits per heavy atom. The van der Waals surface area contributed by atoms with Crippen molar-refractivity contribution in [3.05, 3.63) is 95.1 Å². The van der Waals surface area contributed by atoms with E-state index in [2.05, 4.69) is 10.2 Å². The lowest BCUT2D eigenvalue weighted by Crippen LogP contribution is -2.38. The maximum Gasteiger partial charge on any atom is 0.303 e. The topological polar surface area (TPSA) is 129 Å². The molecule has 0 bridgehead atoms. The number of carboxylic acid groups (broad SMARTS) is 1. The van der Waals surface area contributed by atoms with Gasteiger partial charge in [0.1, 0.15) is 0 Å². The molecule has 9 heteroatoms. The van der Waals surface area contributed by atoms with Gasteiger partial charge >= 0.3 is 5.97 Å². The van der Waals surface area contributed by atoms with Crippen molar-refractivity contribution in [3.63, 3.8) is 0 Å². The molecule has 2 aliphatic rings. The SMILES string of the molecule is O=C(O)CCC(=O)NCc1cccc(-c2ccc(C3OC(CN4CCC(O)C4)CC(c4ccc(CO)cc4)O3)cc2)c1. The van der Waals surface area contributed by atoms with Gasteiger partial charge in [-0.15, -0.1) is 0 Å². The number of likely N-dealkylation sites (tertiary alicyclic amines) is 1. The summed E-state index contributed by atoms with van der Waals surface area (Å²) in [5.74, 6) is -1.28. The molecule has 0 saturated carbocycles. The first-order valence-electron chi connectivity index (χ1n) is 14.4. The molecule has 9 nitrogen and oxygen atoms in total. The molecular weight excluding hydrogens is 536 g/mol. The van der Waals surface area contributed by atoms with Gasteiger partial charge in [-0.1, -0.05) is 66.7 Å². The zero-order valence-corrected chi connectivity index (χ0v) is 23.5. The van der Waals surface area contributed by atoms with Crippen LogP contribution in [0.2, 0.25) is 0 Å². The predicted molar refractivity (Wildman–Crippen MR) is 156 cm³/mol. The molecule has 0 spiro atoms. The van der Waals surface area contributed by atoms with Crippen LogP contribution in [0.15, 0.2) is 72.8 Å². The third kappa shape index (κ3) is 8.02. The Morgan fingerprint density at radius 3 is 2.36 bits per heavy atom. The Morgan fingerprint density at radius 1 is 0.905 bits per heavy atom. The molecule has 2 fully saturated rings. The number of amides is 1. The Hall–Kier alpha value is -3.60. The van der Waals surface area contributed by atoms with E-state index in [1.54, 1.807) is 0 Å². The fourth-order valence-electron chi connectivity index (χ4n) is 5.50. The van der Waals surface area contributed by atoms with Crippen LogP contribution in [-0.2, 0) is 32.2 Å². The molecular formula is C33H38N2O7. The highest BCUT2D eigenvalue weighted by Gasteiger charge is 2.34. The number of aliphatic hydroxyl groups is 2. The summed E-state index contributed by atoms with van der Waals surface area (Å²) in [6.07, 6.45) is 0.150. The zero-order valence-electron chi connectivity index (χ0n) is 23.5. The largest absolute Gasteiger partial charge is 0.481 e. The molecule has 222 valence electrons. The second kappa shape index (κ2) is 14.0. The summed E-state index contributed by atoms with van der Waals surface area (Å²) in [6, 6.07) is 23.8. The van der Waals surface area contributed by atoms with Crippen LogP contribution < -0.4 is 5.32 Å². The van der Waals surface area contributed by atoms with Gasteiger partial charge in [-0.3, -0.25) is 14.5 Å². The van der Waals surface area contributed by atoms with Crippen molar-refractivity contribution in [2.45, 2.75) is 63.4 Å². The highest BCUT2D eigenvalue weighted by molar-refractivity contribution is 5.80. The van der Waals surface area contributed by atoms with Gasteiger partial charge in [0.2, 0.25) is 5.91 Å². The van der Waals surface area contributed by atoms with E-state index in [0.717, 1.165) is 52.9 Å². The molecule has 3 aromatic rings. The Balaban J connectivity index is 1.28. The molecule has 0 radical (unpaired) electrons. The van der Waals surface area contributed by atoms with Crippen molar-refractivity contribution < 1.29 is 34.4 Å². The van der Waals surface area contributed by atoms with Gasteiger partial charge < -0.3 is 30.1 Å². The number of hydrogen-bond acceptors (Lipinski definition) is 7. The first-order chi connectivity index (χ1) is 20.4. The number of benzene rings is 3. The summed E-state index contributed by atoms with van der Waals surface area (Å²) in [6.45, 7) is 2.54. The summed E-state index contributed by atoms with van der Waals surface area (Å²) in [5.41, 5.74) is 5.72. The smallest absolute Gasteiger partial charge is 0.303 e. The molecule has 1 amide bonds. The molecule has 2 heterocycles. The molecule has 3 aromatic carbocycles. The lowest BCUT2D eigenvalue weighted by atomic mass is 9.99. The molecule has 2 aliphatic heterocycles. The van der Waals surface area contributed by atoms with Gasteiger partial charge in [-0.2, -0.15) is 0 Å². The van der Waals surface area contributed by atoms with Gasteiger partial charge in [-0.25, -0.2) is 0 Å². The number of hydrogen-bond donors (Lipinski definition) is 4. The number of ether oxygens (including phenoxy) is 2. The third-order valence-corrected chi connectivity index (χ3v) is 7.82. The monoisotopic (exact) mass is 574 g/mol. The normalized spacial score (nSPS) is 22.6.